The van der Waals surface area contributed by atoms with E-state index in [1.165, 1.54) is 19.2 Å². The molecule has 0 aliphatic heterocycles. The van der Waals surface area contributed by atoms with Crippen molar-refractivity contribution in [2.75, 3.05) is 23.7 Å². The number of hydrogen-bond acceptors (Lipinski definition) is 5. The second-order valence-corrected chi connectivity index (χ2v) is 6.93. The molecule has 0 amide bonds. The average molecular weight is 366 g/mol. The smallest absolute Gasteiger partial charge is 0.261 e. The molecule has 8 heteroatoms. The Morgan fingerprint density at radius 3 is 2.54 bits per heavy atom. The fraction of sp³-hybridized carbons (Fsp3) is 0.188. The Morgan fingerprint density at radius 1 is 1.21 bits per heavy atom. The van der Waals surface area contributed by atoms with E-state index in [0.717, 1.165) is 0 Å². The third kappa shape index (κ3) is 4.54. The van der Waals surface area contributed by atoms with Crippen molar-refractivity contribution in [3.8, 4) is 11.8 Å². The van der Waals surface area contributed by atoms with Gasteiger partial charge in [-0.25, -0.2) is 8.42 Å². The first kappa shape index (κ1) is 17.9. The van der Waals surface area contributed by atoms with Gasteiger partial charge in [-0.05, 0) is 42.5 Å². The van der Waals surface area contributed by atoms with Crippen LogP contribution >= 0.6 is 11.6 Å². The van der Waals surface area contributed by atoms with Crippen molar-refractivity contribution in [3.63, 3.8) is 0 Å². The fourth-order valence-electron chi connectivity index (χ4n) is 1.98. The van der Waals surface area contributed by atoms with Crippen LogP contribution in [0.15, 0.2) is 47.4 Å². The van der Waals surface area contributed by atoms with Crippen molar-refractivity contribution in [2.24, 2.45) is 0 Å². The zero-order valence-corrected chi connectivity index (χ0v) is 14.5. The standard InChI is InChI=1S/C16H16ClN3O3S/c1-23-16-8-7-14(11-15(16)19-10-2-9-18)24(21,22)20-13-5-3-12(17)4-6-13/h3-8,11,19-20H,2,10H2,1H3. The van der Waals surface area contributed by atoms with Gasteiger partial charge in [-0.2, -0.15) is 5.26 Å². The van der Waals surface area contributed by atoms with Gasteiger partial charge in [0.05, 0.1) is 30.2 Å². The maximum absolute atomic E-state index is 12.5. The van der Waals surface area contributed by atoms with Crippen LogP contribution in [0.25, 0.3) is 0 Å². The first-order valence-electron chi connectivity index (χ1n) is 7.03. The highest BCUT2D eigenvalue weighted by Gasteiger charge is 2.16. The number of rotatable bonds is 7. The molecule has 0 bridgehead atoms. The number of nitrogens with one attached hydrogen (secondary N) is 2. The van der Waals surface area contributed by atoms with Crippen LogP contribution in [0.4, 0.5) is 11.4 Å². The van der Waals surface area contributed by atoms with Crippen molar-refractivity contribution in [1.29, 1.82) is 5.26 Å². The summed E-state index contributed by atoms with van der Waals surface area (Å²) >= 11 is 5.79. The fourth-order valence-corrected chi connectivity index (χ4v) is 3.19. The molecule has 0 atom stereocenters. The summed E-state index contributed by atoms with van der Waals surface area (Å²) in [5.41, 5.74) is 0.918. The summed E-state index contributed by atoms with van der Waals surface area (Å²) in [5.74, 6) is 0.499. The minimum absolute atomic E-state index is 0.0812. The van der Waals surface area contributed by atoms with Crippen LogP contribution in [0.3, 0.4) is 0 Å². The molecule has 0 aliphatic carbocycles. The van der Waals surface area contributed by atoms with Crippen LogP contribution in [0.1, 0.15) is 6.42 Å². The molecule has 24 heavy (non-hydrogen) atoms. The Hall–Kier alpha value is -2.43. The van der Waals surface area contributed by atoms with Crippen LogP contribution in [0.5, 0.6) is 5.75 Å². The van der Waals surface area contributed by atoms with E-state index in [2.05, 4.69) is 10.0 Å². The van der Waals surface area contributed by atoms with E-state index in [0.29, 0.717) is 35.1 Å². The van der Waals surface area contributed by atoms with E-state index < -0.39 is 10.0 Å². The average Bonchev–Trinajstić information content (AvgIpc) is 2.57. The molecule has 0 heterocycles. The molecular formula is C16H16ClN3O3S. The molecule has 6 nitrogen and oxygen atoms in total. The lowest BCUT2D eigenvalue weighted by atomic mass is 10.3. The molecule has 2 N–H and O–H groups in total. The Bertz CT molecular complexity index is 846. The lowest BCUT2D eigenvalue weighted by Crippen LogP contribution is -2.13. The van der Waals surface area contributed by atoms with Gasteiger partial charge in [0.25, 0.3) is 10.0 Å². The van der Waals surface area contributed by atoms with Crippen LogP contribution in [-0.2, 0) is 10.0 Å². The number of nitrogens with zero attached hydrogens (tertiary/aromatic N) is 1. The summed E-state index contributed by atoms with van der Waals surface area (Å²) in [6, 6.07) is 12.8. The van der Waals surface area contributed by atoms with Gasteiger partial charge in [0, 0.05) is 17.3 Å². The summed E-state index contributed by atoms with van der Waals surface area (Å²) in [4.78, 5) is 0.0812. The number of benzene rings is 2. The maximum atomic E-state index is 12.5. The Labute approximate surface area is 146 Å². The predicted molar refractivity (Wildman–Crippen MR) is 94.0 cm³/mol. The van der Waals surface area contributed by atoms with Gasteiger partial charge in [0.15, 0.2) is 0 Å². The van der Waals surface area contributed by atoms with E-state index in [1.54, 1.807) is 30.3 Å². The molecule has 0 unspecified atom stereocenters. The van der Waals surface area contributed by atoms with Crippen molar-refractivity contribution in [1.82, 2.24) is 0 Å². The van der Waals surface area contributed by atoms with Crippen LogP contribution in [0.2, 0.25) is 5.02 Å². The highest BCUT2D eigenvalue weighted by Crippen LogP contribution is 2.28. The number of anilines is 2. The molecule has 2 aromatic rings. The first-order valence-corrected chi connectivity index (χ1v) is 8.89. The molecule has 0 fully saturated rings. The summed E-state index contributed by atoms with van der Waals surface area (Å²) in [7, 11) is -2.27. The molecule has 126 valence electrons. The Kier molecular flexibility index (Phi) is 5.90. The van der Waals surface area contributed by atoms with E-state index in [4.69, 9.17) is 21.6 Å². The molecular weight excluding hydrogens is 350 g/mol. The van der Waals surface area contributed by atoms with Gasteiger partial charge < -0.3 is 10.1 Å². The van der Waals surface area contributed by atoms with Crippen molar-refractivity contribution in [2.45, 2.75) is 11.3 Å². The lowest BCUT2D eigenvalue weighted by Gasteiger charge is -2.13. The molecule has 2 aromatic carbocycles. The zero-order valence-electron chi connectivity index (χ0n) is 12.9. The van der Waals surface area contributed by atoms with E-state index in [9.17, 15) is 8.42 Å². The van der Waals surface area contributed by atoms with Crippen LogP contribution < -0.4 is 14.8 Å². The summed E-state index contributed by atoms with van der Waals surface area (Å²) in [6.07, 6.45) is 0.295. The quantitative estimate of drug-likeness (QED) is 0.733. The third-order valence-electron chi connectivity index (χ3n) is 3.13. The monoisotopic (exact) mass is 365 g/mol. The zero-order chi connectivity index (χ0) is 17.6. The van der Waals surface area contributed by atoms with Gasteiger partial charge in [-0.1, -0.05) is 11.6 Å². The second-order valence-electron chi connectivity index (χ2n) is 4.81. The van der Waals surface area contributed by atoms with Crippen LogP contribution in [0, 0.1) is 11.3 Å². The van der Waals surface area contributed by atoms with E-state index in [-0.39, 0.29) is 4.90 Å². The maximum Gasteiger partial charge on any atom is 0.261 e. The third-order valence-corrected chi connectivity index (χ3v) is 4.76. The highest BCUT2D eigenvalue weighted by molar-refractivity contribution is 7.92. The number of hydrogen-bond donors (Lipinski definition) is 2. The number of nitriles is 1. The normalized spacial score (nSPS) is 10.7. The van der Waals surface area contributed by atoms with Gasteiger partial charge in [0.1, 0.15) is 5.75 Å². The highest BCUT2D eigenvalue weighted by atomic mass is 35.5. The summed E-state index contributed by atoms with van der Waals surface area (Å²) in [6.45, 7) is 0.390. The van der Waals surface area contributed by atoms with Gasteiger partial charge in [0.2, 0.25) is 0 Å². The van der Waals surface area contributed by atoms with Crippen molar-refractivity contribution < 1.29 is 13.2 Å². The number of sulfonamides is 1. The minimum atomic E-state index is -3.76. The van der Waals surface area contributed by atoms with E-state index >= 15 is 0 Å². The largest absolute Gasteiger partial charge is 0.495 e. The molecule has 0 spiro atoms. The van der Waals surface area contributed by atoms with E-state index in [1.807, 2.05) is 6.07 Å². The van der Waals surface area contributed by atoms with Crippen molar-refractivity contribution >= 4 is 33.0 Å². The SMILES string of the molecule is COc1ccc(S(=O)(=O)Nc2ccc(Cl)cc2)cc1NCCC#N. The number of halogens is 1. The molecule has 0 aromatic heterocycles. The van der Waals surface area contributed by atoms with Gasteiger partial charge in [-0.15, -0.1) is 0 Å². The number of methoxy groups -OCH3 is 1. The van der Waals surface area contributed by atoms with Gasteiger partial charge in [-0.3, -0.25) is 4.72 Å². The molecule has 0 saturated carbocycles. The molecule has 0 radical (unpaired) electrons. The Balaban J connectivity index is 2.27. The summed E-state index contributed by atoms with van der Waals surface area (Å²) in [5, 5.41) is 12.1. The molecule has 2 rings (SSSR count). The molecule has 0 saturated heterocycles. The minimum Gasteiger partial charge on any atom is -0.495 e. The van der Waals surface area contributed by atoms with Crippen molar-refractivity contribution in [3.05, 3.63) is 47.5 Å². The topological polar surface area (TPSA) is 91.2 Å². The lowest BCUT2D eigenvalue weighted by molar-refractivity contribution is 0.416. The Morgan fingerprint density at radius 2 is 1.92 bits per heavy atom. The van der Waals surface area contributed by atoms with Gasteiger partial charge >= 0.3 is 0 Å². The second kappa shape index (κ2) is 7.90. The summed E-state index contributed by atoms with van der Waals surface area (Å²) < 4.78 is 32.7. The predicted octanol–water partition coefficient (Wildman–Crippen LogP) is 3.47. The first-order chi connectivity index (χ1) is 11.5. The molecule has 0 aliphatic rings. The van der Waals surface area contributed by atoms with Crippen LogP contribution in [-0.4, -0.2) is 22.1 Å². The number of ether oxygens (including phenoxy) is 1.